The minimum absolute atomic E-state index is 0.0564. The fourth-order valence-electron chi connectivity index (χ4n) is 3.91. The van der Waals surface area contributed by atoms with E-state index in [-0.39, 0.29) is 28.0 Å². The highest BCUT2D eigenvalue weighted by Crippen LogP contribution is 2.30. The predicted molar refractivity (Wildman–Crippen MR) is 122 cm³/mol. The standard InChI is InChI=1S/C23H29N3O5S/c1-4-25(5-2)32(29,30)21-16-17(13-14-20(21)31-3)23(28)26-15-9-12-19(26)22(27)24-18-10-7-6-8-11-18/h6-8,10-11,13-14,16,19H,4-5,9,12,15H2,1-3H3,(H,24,27). The highest BCUT2D eigenvalue weighted by atomic mass is 32.2. The third kappa shape index (κ3) is 4.78. The number of rotatable bonds is 8. The number of methoxy groups -OCH3 is 1. The van der Waals surface area contributed by atoms with Gasteiger partial charge in [-0.25, -0.2) is 8.42 Å². The lowest BCUT2D eigenvalue weighted by Crippen LogP contribution is -2.43. The average Bonchev–Trinajstić information content (AvgIpc) is 3.29. The molecule has 1 heterocycles. The zero-order valence-corrected chi connectivity index (χ0v) is 19.4. The monoisotopic (exact) mass is 459 g/mol. The molecule has 1 fully saturated rings. The topological polar surface area (TPSA) is 96.0 Å². The number of para-hydroxylation sites is 1. The highest BCUT2D eigenvalue weighted by Gasteiger charge is 2.35. The summed E-state index contributed by atoms with van der Waals surface area (Å²) in [5, 5.41) is 2.85. The first kappa shape index (κ1) is 23.7. The summed E-state index contributed by atoms with van der Waals surface area (Å²) in [4.78, 5) is 27.6. The predicted octanol–water partition coefficient (Wildman–Crippen LogP) is 2.97. The van der Waals surface area contributed by atoms with E-state index in [2.05, 4.69) is 5.32 Å². The largest absolute Gasteiger partial charge is 0.495 e. The normalized spacial score (nSPS) is 16.2. The van der Waals surface area contributed by atoms with Crippen molar-refractivity contribution in [1.29, 1.82) is 0 Å². The second-order valence-corrected chi connectivity index (χ2v) is 9.37. The number of carbonyl (C=O) groups excluding carboxylic acids is 2. The maximum atomic E-state index is 13.3. The molecule has 0 aliphatic carbocycles. The molecule has 1 saturated heterocycles. The molecule has 1 atom stereocenters. The summed E-state index contributed by atoms with van der Waals surface area (Å²) in [5.41, 5.74) is 0.866. The minimum atomic E-state index is -3.84. The van der Waals surface area contributed by atoms with Crippen LogP contribution in [0.15, 0.2) is 53.4 Å². The molecular formula is C23H29N3O5S. The zero-order chi connectivity index (χ0) is 23.3. The Labute approximate surface area is 189 Å². The van der Waals surface area contributed by atoms with E-state index in [0.29, 0.717) is 38.2 Å². The number of anilines is 1. The molecule has 0 aromatic heterocycles. The van der Waals surface area contributed by atoms with Gasteiger partial charge in [-0.1, -0.05) is 32.0 Å². The van der Waals surface area contributed by atoms with Gasteiger partial charge >= 0.3 is 0 Å². The average molecular weight is 460 g/mol. The number of hydrogen-bond donors (Lipinski definition) is 1. The Morgan fingerprint density at radius 2 is 1.81 bits per heavy atom. The molecular weight excluding hydrogens is 430 g/mol. The van der Waals surface area contributed by atoms with Crippen LogP contribution in [-0.2, 0) is 14.8 Å². The summed E-state index contributed by atoms with van der Waals surface area (Å²) in [6.07, 6.45) is 1.24. The third-order valence-corrected chi connectivity index (χ3v) is 7.66. The third-order valence-electron chi connectivity index (χ3n) is 5.59. The molecule has 0 spiro atoms. The molecule has 2 aromatic rings. The van der Waals surface area contributed by atoms with E-state index in [1.165, 1.54) is 34.5 Å². The number of nitrogens with zero attached hydrogens (tertiary/aromatic N) is 2. The summed E-state index contributed by atoms with van der Waals surface area (Å²) in [6.45, 7) is 4.53. The molecule has 1 aliphatic rings. The Balaban J connectivity index is 1.89. The van der Waals surface area contributed by atoms with Crippen molar-refractivity contribution in [2.75, 3.05) is 32.1 Å². The van der Waals surface area contributed by atoms with Crippen LogP contribution in [-0.4, -0.2) is 62.2 Å². The molecule has 0 bridgehead atoms. The molecule has 172 valence electrons. The van der Waals surface area contributed by atoms with E-state index in [9.17, 15) is 18.0 Å². The fourth-order valence-corrected chi connectivity index (χ4v) is 5.55. The van der Waals surface area contributed by atoms with Crippen molar-refractivity contribution in [3.8, 4) is 5.75 Å². The molecule has 32 heavy (non-hydrogen) atoms. The van der Waals surface area contributed by atoms with Gasteiger partial charge in [0, 0.05) is 30.9 Å². The van der Waals surface area contributed by atoms with Gasteiger partial charge in [-0.2, -0.15) is 4.31 Å². The van der Waals surface area contributed by atoms with Crippen LogP contribution in [0.3, 0.4) is 0 Å². The van der Waals surface area contributed by atoms with Crippen molar-refractivity contribution < 1.29 is 22.7 Å². The van der Waals surface area contributed by atoms with Crippen molar-refractivity contribution >= 4 is 27.5 Å². The van der Waals surface area contributed by atoms with Gasteiger partial charge in [0.25, 0.3) is 5.91 Å². The van der Waals surface area contributed by atoms with Crippen LogP contribution >= 0.6 is 0 Å². The first-order chi connectivity index (χ1) is 15.3. The van der Waals surface area contributed by atoms with Crippen molar-refractivity contribution in [3.63, 3.8) is 0 Å². The van der Waals surface area contributed by atoms with E-state index in [1.807, 2.05) is 18.2 Å². The number of carbonyl (C=O) groups is 2. The Morgan fingerprint density at radius 1 is 1.12 bits per heavy atom. The molecule has 0 saturated carbocycles. The Morgan fingerprint density at radius 3 is 2.44 bits per heavy atom. The maximum absolute atomic E-state index is 13.3. The van der Waals surface area contributed by atoms with Gasteiger partial charge in [0.2, 0.25) is 15.9 Å². The smallest absolute Gasteiger partial charge is 0.254 e. The van der Waals surface area contributed by atoms with Crippen LogP contribution in [0.25, 0.3) is 0 Å². The van der Waals surface area contributed by atoms with Crippen LogP contribution in [0.2, 0.25) is 0 Å². The minimum Gasteiger partial charge on any atom is -0.495 e. The Kier molecular flexibility index (Phi) is 7.52. The molecule has 1 aliphatic heterocycles. The van der Waals surface area contributed by atoms with Crippen LogP contribution < -0.4 is 10.1 Å². The first-order valence-corrected chi connectivity index (χ1v) is 12.1. The summed E-state index contributed by atoms with van der Waals surface area (Å²) in [6, 6.07) is 12.8. The quantitative estimate of drug-likeness (QED) is 0.655. The number of likely N-dealkylation sites (tertiary alicyclic amines) is 1. The lowest BCUT2D eigenvalue weighted by atomic mass is 10.1. The lowest BCUT2D eigenvalue weighted by Gasteiger charge is -2.25. The summed E-state index contributed by atoms with van der Waals surface area (Å²) < 4.78 is 32.8. The van der Waals surface area contributed by atoms with Crippen LogP contribution in [0.1, 0.15) is 37.0 Å². The van der Waals surface area contributed by atoms with Crippen molar-refractivity contribution in [1.82, 2.24) is 9.21 Å². The van der Waals surface area contributed by atoms with Gasteiger partial charge in [0.05, 0.1) is 7.11 Å². The van der Waals surface area contributed by atoms with Gasteiger partial charge in [-0.05, 0) is 43.2 Å². The van der Waals surface area contributed by atoms with E-state index in [0.717, 1.165) is 0 Å². The zero-order valence-electron chi connectivity index (χ0n) is 18.6. The molecule has 2 amide bonds. The molecule has 3 rings (SSSR count). The van der Waals surface area contributed by atoms with Gasteiger partial charge in [0.1, 0.15) is 16.7 Å². The molecule has 0 radical (unpaired) electrons. The number of benzene rings is 2. The van der Waals surface area contributed by atoms with E-state index in [1.54, 1.807) is 26.0 Å². The van der Waals surface area contributed by atoms with Crippen LogP contribution in [0.5, 0.6) is 5.75 Å². The van der Waals surface area contributed by atoms with Gasteiger partial charge in [-0.15, -0.1) is 0 Å². The molecule has 1 N–H and O–H groups in total. The van der Waals surface area contributed by atoms with E-state index >= 15 is 0 Å². The van der Waals surface area contributed by atoms with Gasteiger partial charge in [-0.3, -0.25) is 9.59 Å². The maximum Gasteiger partial charge on any atom is 0.254 e. The fraction of sp³-hybridized carbons (Fsp3) is 0.391. The van der Waals surface area contributed by atoms with Gasteiger partial charge in [0.15, 0.2) is 0 Å². The number of amides is 2. The summed E-state index contributed by atoms with van der Waals surface area (Å²) in [7, 11) is -2.44. The Bertz CT molecular complexity index is 1070. The van der Waals surface area contributed by atoms with E-state index in [4.69, 9.17) is 4.74 Å². The number of hydrogen-bond acceptors (Lipinski definition) is 5. The second-order valence-electron chi connectivity index (χ2n) is 7.47. The number of sulfonamides is 1. The lowest BCUT2D eigenvalue weighted by molar-refractivity contribution is -0.119. The van der Waals surface area contributed by atoms with E-state index < -0.39 is 16.1 Å². The summed E-state index contributed by atoms with van der Waals surface area (Å²) >= 11 is 0. The van der Waals surface area contributed by atoms with Gasteiger partial charge < -0.3 is 15.0 Å². The van der Waals surface area contributed by atoms with Crippen LogP contribution in [0.4, 0.5) is 5.69 Å². The van der Waals surface area contributed by atoms with Crippen LogP contribution in [0, 0.1) is 0 Å². The first-order valence-electron chi connectivity index (χ1n) is 10.7. The molecule has 1 unspecified atom stereocenters. The molecule has 8 nitrogen and oxygen atoms in total. The second kappa shape index (κ2) is 10.1. The number of nitrogens with one attached hydrogen (secondary N) is 1. The molecule has 9 heteroatoms. The summed E-state index contributed by atoms with van der Waals surface area (Å²) in [5.74, 6) is -0.464. The van der Waals surface area contributed by atoms with Crippen molar-refractivity contribution in [2.24, 2.45) is 0 Å². The Hall–Kier alpha value is -2.91. The van der Waals surface area contributed by atoms with Crippen molar-refractivity contribution in [3.05, 3.63) is 54.1 Å². The SMILES string of the molecule is CCN(CC)S(=O)(=O)c1cc(C(=O)N2CCCC2C(=O)Nc2ccccc2)ccc1OC. The number of ether oxygens (including phenoxy) is 1. The highest BCUT2D eigenvalue weighted by molar-refractivity contribution is 7.89. The molecule has 2 aromatic carbocycles. The van der Waals surface area contributed by atoms with Crippen molar-refractivity contribution in [2.45, 2.75) is 37.6 Å².